The number of hydrogen-bond acceptors (Lipinski definition) is 4. The van der Waals surface area contributed by atoms with E-state index in [0.717, 1.165) is 19.3 Å². The number of nitrogens with zero attached hydrogens (tertiary/aromatic N) is 3. The van der Waals surface area contributed by atoms with E-state index in [1.54, 1.807) is 11.0 Å². The van der Waals surface area contributed by atoms with E-state index in [2.05, 4.69) is 0 Å². The van der Waals surface area contributed by atoms with Gasteiger partial charge in [-0.2, -0.15) is 5.26 Å². The molecule has 1 aliphatic rings. The predicted octanol–water partition coefficient (Wildman–Crippen LogP) is 2.21. The molecule has 2 rings (SSSR count). The van der Waals surface area contributed by atoms with Crippen LogP contribution in [0.25, 0.3) is 0 Å². The third kappa shape index (κ3) is 2.77. The lowest BCUT2D eigenvalue weighted by Gasteiger charge is -2.28. The normalized spacial score (nSPS) is 16.2. The van der Waals surface area contributed by atoms with Crippen molar-refractivity contribution in [3.8, 4) is 6.07 Å². The Morgan fingerprint density at radius 1 is 1.30 bits per heavy atom. The molecule has 6 nitrogen and oxygen atoms in total. The van der Waals surface area contributed by atoms with Gasteiger partial charge in [0.2, 0.25) is 5.91 Å². The predicted molar refractivity (Wildman–Crippen MR) is 71.9 cm³/mol. The number of piperidine rings is 1. The van der Waals surface area contributed by atoms with E-state index >= 15 is 0 Å². The second kappa shape index (κ2) is 6.15. The minimum absolute atomic E-state index is 0.176. The van der Waals surface area contributed by atoms with Crippen molar-refractivity contribution in [2.24, 2.45) is 0 Å². The van der Waals surface area contributed by atoms with Crippen LogP contribution in [0.5, 0.6) is 0 Å². The number of nitro groups is 1. The van der Waals surface area contributed by atoms with E-state index in [4.69, 9.17) is 0 Å². The van der Waals surface area contributed by atoms with Crippen LogP contribution in [0, 0.1) is 21.4 Å². The summed E-state index contributed by atoms with van der Waals surface area (Å²) in [5, 5.41) is 20.3. The van der Waals surface area contributed by atoms with Crippen molar-refractivity contribution in [1.29, 1.82) is 5.26 Å². The molecule has 1 heterocycles. The molecule has 1 aromatic rings. The zero-order chi connectivity index (χ0) is 14.5. The molecule has 1 aromatic carbocycles. The van der Waals surface area contributed by atoms with Crippen molar-refractivity contribution in [2.45, 2.75) is 25.2 Å². The van der Waals surface area contributed by atoms with E-state index in [-0.39, 0.29) is 17.2 Å². The molecule has 1 amide bonds. The molecular formula is C14H15N3O3. The average molecular weight is 273 g/mol. The molecule has 0 spiro atoms. The topological polar surface area (TPSA) is 87.2 Å². The number of nitriles is 1. The average Bonchev–Trinajstić information content (AvgIpc) is 2.49. The Labute approximate surface area is 116 Å². The fraction of sp³-hybridized carbons (Fsp3) is 0.429. The summed E-state index contributed by atoms with van der Waals surface area (Å²) in [5.41, 5.74) is -0.0000158. The quantitative estimate of drug-likeness (QED) is 0.624. The van der Waals surface area contributed by atoms with E-state index in [1.165, 1.54) is 18.2 Å². The van der Waals surface area contributed by atoms with Crippen molar-refractivity contribution in [3.05, 3.63) is 39.9 Å². The van der Waals surface area contributed by atoms with E-state index in [0.29, 0.717) is 13.1 Å². The smallest absolute Gasteiger partial charge is 0.274 e. The van der Waals surface area contributed by atoms with Crippen LogP contribution in [0.4, 0.5) is 5.69 Å². The molecule has 1 fully saturated rings. The summed E-state index contributed by atoms with van der Waals surface area (Å²) in [5.74, 6) is -1.43. The molecule has 1 aliphatic heterocycles. The summed E-state index contributed by atoms with van der Waals surface area (Å²) in [6.07, 6.45) is 2.91. The Morgan fingerprint density at radius 2 is 1.95 bits per heavy atom. The third-order valence-corrected chi connectivity index (χ3v) is 3.49. The zero-order valence-electron chi connectivity index (χ0n) is 11.0. The van der Waals surface area contributed by atoms with Crippen LogP contribution >= 0.6 is 0 Å². The Morgan fingerprint density at radius 3 is 2.55 bits per heavy atom. The number of benzene rings is 1. The van der Waals surface area contributed by atoms with Gasteiger partial charge in [-0.25, -0.2) is 0 Å². The first-order valence-corrected chi connectivity index (χ1v) is 6.57. The molecular weight excluding hydrogens is 258 g/mol. The molecule has 1 unspecified atom stereocenters. The molecule has 1 atom stereocenters. The van der Waals surface area contributed by atoms with Gasteiger partial charge in [-0.15, -0.1) is 0 Å². The standard InChI is InChI=1S/C14H15N3O3/c15-10-12(14(18)16-8-4-1-5-9-16)11-6-2-3-7-13(11)17(19)20/h2-3,6-7,12H,1,4-5,8-9H2. The SMILES string of the molecule is N#CC(C(=O)N1CCCCC1)c1ccccc1[N+](=O)[O-]. The van der Waals surface area contributed by atoms with Gasteiger partial charge >= 0.3 is 0 Å². The van der Waals surface area contributed by atoms with Crippen LogP contribution < -0.4 is 0 Å². The lowest BCUT2D eigenvalue weighted by atomic mass is 9.96. The molecule has 0 N–H and O–H groups in total. The molecule has 1 saturated heterocycles. The molecule has 0 aromatic heterocycles. The van der Waals surface area contributed by atoms with Gasteiger partial charge in [0.05, 0.1) is 16.6 Å². The van der Waals surface area contributed by atoms with Gasteiger partial charge in [0.15, 0.2) is 5.92 Å². The van der Waals surface area contributed by atoms with Crippen molar-refractivity contribution in [3.63, 3.8) is 0 Å². The van der Waals surface area contributed by atoms with Crippen molar-refractivity contribution in [1.82, 2.24) is 4.90 Å². The van der Waals surface area contributed by atoms with Gasteiger partial charge in [-0.05, 0) is 19.3 Å². The maximum Gasteiger partial charge on any atom is 0.274 e. The van der Waals surface area contributed by atoms with Crippen LogP contribution in [0.2, 0.25) is 0 Å². The Bertz CT molecular complexity index is 559. The van der Waals surface area contributed by atoms with E-state index in [1.807, 2.05) is 6.07 Å². The molecule has 0 aliphatic carbocycles. The third-order valence-electron chi connectivity index (χ3n) is 3.49. The molecule has 0 bridgehead atoms. The first-order valence-electron chi connectivity index (χ1n) is 6.57. The summed E-state index contributed by atoms with van der Waals surface area (Å²) in [6.45, 7) is 1.25. The Kier molecular flexibility index (Phi) is 4.31. The second-order valence-electron chi connectivity index (χ2n) is 4.76. The number of para-hydroxylation sites is 1. The number of carbonyl (C=O) groups excluding carboxylic acids is 1. The van der Waals surface area contributed by atoms with Crippen LogP contribution in [0.3, 0.4) is 0 Å². The highest BCUT2D eigenvalue weighted by atomic mass is 16.6. The van der Waals surface area contributed by atoms with Gasteiger partial charge in [0.1, 0.15) is 0 Å². The number of rotatable bonds is 3. The van der Waals surface area contributed by atoms with Crippen molar-refractivity contribution >= 4 is 11.6 Å². The Balaban J connectivity index is 2.31. The number of carbonyl (C=O) groups is 1. The number of nitro benzene ring substituents is 1. The maximum absolute atomic E-state index is 12.4. The summed E-state index contributed by atoms with van der Waals surface area (Å²) in [6, 6.07) is 7.85. The first kappa shape index (κ1) is 14.0. The number of amides is 1. The molecule has 104 valence electrons. The highest BCUT2D eigenvalue weighted by Crippen LogP contribution is 2.28. The fourth-order valence-corrected chi connectivity index (χ4v) is 2.45. The first-order chi connectivity index (χ1) is 9.65. The minimum atomic E-state index is -1.10. The van der Waals surface area contributed by atoms with Crippen LogP contribution in [-0.4, -0.2) is 28.8 Å². The monoisotopic (exact) mass is 273 g/mol. The van der Waals surface area contributed by atoms with Gasteiger partial charge < -0.3 is 4.90 Å². The number of likely N-dealkylation sites (tertiary alicyclic amines) is 1. The minimum Gasteiger partial charge on any atom is -0.341 e. The zero-order valence-corrected chi connectivity index (χ0v) is 11.0. The van der Waals surface area contributed by atoms with Gasteiger partial charge in [0, 0.05) is 19.2 Å². The van der Waals surface area contributed by atoms with Crippen molar-refractivity contribution < 1.29 is 9.72 Å². The van der Waals surface area contributed by atoms with Crippen LogP contribution in [-0.2, 0) is 4.79 Å². The summed E-state index contributed by atoms with van der Waals surface area (Å²) in [4.78, 5) is 24.5. The highest BCUT2D eigenvalue weighted by molar-refractivity contribution is 5.87. The number of hydrogen-bond donors (Lipinski definition) is 0. The largest absolute Gasteiger partial charge is 0.341 e. The van der Waals surface area contributed by atoms with Crippen LogP contribution in [0.1, 0.15) is 30.7 Å². The molecule has 0 saturated carbocycles. The van der Waals surface area contributed by atoms with Crippen LogP contribution in [0.15, 0.2) is 24.3 Å². The second-order valence-corrected chi connectivity index (χ2v) is 4.76. The maximum atomic E-state index is 12.4. The molecule has 6 heteroatoms. The molecule has 0 radical (unpaired) electrons. The Hall–Kier alpha value is -2.42. The summed E-state index contributed by atoms with van der Waals surface area (Å²) >= 11 is 0. The lowest BCUT2D eigenvalue weighted by molar-refractivity contribution is -0.385. The highest BCUT2D eigenvalue weighted by Gasteiger charge is 2.31. The lowest BCUT2D eigenvalue weighted by Crippen LogP contribution is -2.38. The summed E-state index contributed by atoms with van der Waals surface area (Å²) < 4.78 is 0. The van der Waals surface area contributed by atoms with E-state index < -0.39 is 10.8 Å². The summed E-state index contributed by atoms with van der Waals surface area (Å²) in [7, 11) is 0. The van der Waals surface area contributed by atoms with Crippen molar-refractivity contribution in [2.75, 3.05) is 13.1 Å². The van der Waals surface area contributed by atoms with Gasteiger partial charge in [-0.3, -0.25) is 14.9 Å². The van der Waals surface area contributed by atoms with Gasteiger partial charge in [0.25, 0.3) is 5.69 Å². The molecule has 20 heavy (non-hydrogen) atoms. The van der Waals surface area contributed by atoms with Gasteiger partial charge in [-0.1, -0.05) is 18.2 Å². The van der Waals surface area contributed by atoms with E-state index in [9.17, 15) is 20.2 Å². The fourth-order valence-electron chi connectivity index (χ4n) is 2.45.